The van der Waals surface area contributed by atoms with E-state index in [1.807, 2.05) is 42.5 Å². The molecule has 0 aliphatic carbocycles. The van der Waals surface area contributed by atoms with Gasteiger partial charge in [0.1, 0.15) is 12.1 Å². The van der Waals surface area contributed by atoms with Crippen molar-refractivity contribution in [1.82, 2.24) is 0 Å². The number of halogens is 1. The molecule has 32 heavy (non-hydrogen) atoms. The first-order valence-electron chi connectivity index (χ1n) is 12.2. The van der Waals surface area contributed by atoms with Gasteiger partial charge < -0.3 is 9.84 Å². The molecule has 3 nitrogen and oxygen atoms in total. The maximum atomic E-state index is 15.6. The zero-order chi connectivity index (χ0) is 23.2. The normalized spacial score (nSPS) is 14.1. The Labute approximate surface area is 193 Å². The van der Waals surface area contributed by atoms with Gasteiger partial charge in [-0.15, -0.1) is 0 Å². The summed E-state index contributed by atoms with van der Waals surface area (Å²) in [6, 6.07) is 17.1. The van der Waals surface area contributed by atoms with Gasteiger partial charge in [0.05, 0.1) is 6.10 Å². The summed E-state index contributed by atoms with van der Waals surface area (Å²) in [4.78, 5) is 12.1. The molecule has 2 aromatic rings. The van der Waals surface area contributed by atoms with Gasteiger partial charge in [0, 0.05) is 6.61 Å². The molecule has 0 radical (unpaired) electrons. The molecule has 0 amide bonds. The van der Waals surface area contributed by atoms with Crippen LogP contribution in [0.1, 0.15) is 83.1 Å². The van der Waals surface area contributed by atoms with Crippen molar-refractivity contribution in [2.24, 2.45) is 0 Å². The second-order valence-corrected chi connectivity index (χ2v) is 8.57. The number of carboxylic acid groups (broad SMARTS) is 1. The molecular formula is C28H39FO3. The number of rotatable bonds is 16. The van der Waals surface area contributed by atoms with Crippen molar-refractivity contribution >= 4 is 5.97 Å². The average Bonchev–Trinajstić information content (AvgIpc) is 2.81. The van der Waals surface area contributed by atoms with Crippen LogP contribution in [0.2, 0.25) is 0 Å². The Kier molecular flexibility index (Phi) is 12.0. The van der Waals surface area contributed by atoms with Crippen LogP contribution in [-0.2, 0) is 9.53 Å². The zero-order valence-corrected chi connectivity index (χ0v) is 19.6. The van der Waals surface area contributed by atoms with E-state index in [1.54, 1.807) is 12.1 Å². The number of hydrogen-bond acceptors (Lipinski definition) is 2. The first-order valence-corrected chi connectivity index (χ1v) is 12.2. The van der Waals surface area contributed by atoms with Gasteiger partial charge in [-0.05, 0) is 29.5 Å². The van der Waals surface area contributed by atoms with Crippen molar-refractivity contribution in [3.63, 3.8) is 0 Å². The number of benzene rings is 2. The van der Waals surface area contributed by atoms with Crippen LogP contribution in [0.5, 0.6) is 0 Å². The molecular weight excluding hydrogens is 403 g/mol. The monoisotopic (exact) mass is 442 g/mol. The summed E-state index contributed by atoms with van der Waals surface area (Å²) in [5.41, 5.74) is 2.51. The Balaban J connectivity index is 2.09. The SMILES string of the molecule is CCCCCCCOC(CCCCC)C(F)C(C(=O)O)c1ccc(-c2ccccc2)cc1. The van der Waals surface area contributed by atoms with Gasteiger partial charge >= 0.3 is 5.97 Å². The van der Waals surface area contributed by atoms with Crippen molar-refractivity contribution in [3.05, 3.63) is 60.2 Å². The van der Waals surface area contributed by atoms with Gasteiger partial charge in [-0.1, -0.05) is 113 Å². The number of hydrogen-bond donors (Lipinski definition) is 1. The summed E-state index contributed by atoms with van der Waals surface area (Å²) in [6.45, 7) is 4.76. The Hall–Kier alpha value is -2.20. The lowest BCUT2D eigenvalue weighted by molar-refractivity contribution is -0.143. The van der Waals surface area contributed by atoms with Gasteiger partial charge in [-0.3, -0.25) is 4.79 Å². The lowest BCUT2D eigenvalue weighted by Crippen LogP contribution is -2.35. The van der Waals surface area contributed by atoms with Crippen LogP contribution in [0, 0.1) is 0 Å². The summed E-state index contributed by atoms with van der Waals surface area (Å²) in [5, 5.41) is 9.88. The van der Waals surface area contributed by atoms with Gasteiger partial charge in [0.2, 0.25) is 0 Å². The predicted molar refractivity (Wildman–Crippen MR) is 130 cm³/mol. The van der Waals surface area contributed by atoms with Gasteiger partial charge in [-0.25, -0.2) is 4.39 Å². The number of carboxylic acids is 1. The van der Waals surface area contributed by atoms with E-state index in [-0.39, 0.29) is 0 Å². The van der Waals surface area contributed by atoms with Crippen LogP contribution < -0.4 is 0 Å². The van der Waals surface area contributed by atoms with Gasteiger partial charge in [-0.2, -0.15) is 0 Å². The van der Waals surface area contributed by atoms with Crippen LogP contribution in [0.3, 0.4) is 0 Å². The van der Waals surface area contributed by atoms with Crippen LogP contribution in [0.15, 0.2) is 54.6 Å². The summed E-state index contributed by atoms with van der Waals surface area (Å²) in [5.74, 6) is -2.37. The minimum Gasteiger partial charge on any atom is -0.481 e. The fourth-order valence-electron chi connectivity index (χ4n) is 4.06. The number of carbonyl (C=O) groups is 1. The molecule has 2 aromatic carbocycles. The van der Waals surface area contributed by atoms with E-state index in [4.69, 9.17) is 4.74 Å². The van der Waals surface area contributed by atoms with E-state index in [2.05, 4.69) is 13.8 Å². The van der Waals surface area contributed by atoms with E-state index in [0.29, 0.717) is 18.6 Å². The molecule has 0 heterocycles. The summed E-state index contributed by atoms with van der Waals surface area (Å²) >= 11 is 0. The maximum absolute atomic E-state index is 15.6. The van der Waals surface area contributed by atoms with Crippen molar-refractivity contribution < 1.29 is 19.0 Å². The largest absolute Gasteiger partial charge is 0.481 e. The number of alkyl halides is 1. The molecule has 0 saturated heterocycles. The van der Waals surface area contributed by atoms with E-state index in [9.17, 15) is 9.90 Å². The first-order chi connectivity index (χ1) is 15.6. The quantitative estimate of drug-likeness (QED) is 0.270. The number of unbranched alkanes of at least 4 members (excludes halogenated alkanes) is 6. The van der Waals surface area contributed by atoms with Crippen molar-refractivity contribution in [2.45, 2.75) is 89.8 Å². The van der Waals surface area contributed by atoms with E-state index >= 15 is 4.39 Å². The average molecular weight is 443 g/mol. The molecule has 176 valence electrons. The molecule has 2 rings (SSSR count). The number of ether oxygens (including phenoxy) is 1. The lowest BCUT2D eigenvalue weighted by atomic mass is 9.88. The van der Waals surface area contributed by atoms with Crippen molar-refractivity contribution in [1.29, 1.82) is 0 Å². The second-order valence-electron chi connectivity index (χ2n) is 8.57. The first kappa shape index (κ1) is 26.1. The second kappa shape index (κ2) is 14.8. The fourth-order valence-corrected chi connectivity index (χ4v) is 4.06. The summed E-state index contributed by atoms with van der Waals surface area (Å²) < 4.78 is 21.6. The Bertz CT molecular complexity index is 760. The molecule has 0 aliphatic rings. The highest BCUT2D eigenvalue weighted by Gasteiger charge is 2.36. The molecule has 0 aromatic heterocycles. The van der Waals surface area contributed by atoms with E-state index in [1.165, 1.54) is 12.8 Å². The third-order valence-electron chi connectivity index (χ3n) is 5.99. The highest BCUT2D eigenvalue weighted by molar-refractivity contribution is 5.77. The molecule has 3 unspecified atom stereocenters. The maximum Gasteiger partial charge on any atom is 0.314 e. The third kappa shape index (κ3) is 8.38. The highest BCUT2D eigenvalue weighted by Crippen LogP contribution is 2.30. The third-order valence-corrected chi connectivity index (χ3v) is 5.99. The predicted octanol–water partition coefficient (Wildman–Crippen LogP) is 7.80. The lowest BCUT2D eigenvalue weighted by Gasteiger charge is -2.26. The molecule has 0 spiro atoms. The standard InChI is InChI=1S/C28H39FO3/c1-3-5-7-8-13-21-32-25(16-10-6-4-2)27(29)26(28(30)31)24-19-17-23(18-20-24)22-14-11-9-12-15-22/h9,11-12,14-15,17-20,25-27H,3-8,10,13,16,21H2,1-2H3,(H,30,31). The van der Waals surface area contributed by atoms with Crippen LogP contribution >= 0.6 is 0 Å². The molecule has 4 heteroatoms. The minimum atomic E-state index is -1.58. The van der Waals surface area contributed by atoms with Crippen LogP contribution in [0.25, 0.3) is 11.1 Å². The highest BCUT2D eigenvalue weighted by atomic mass is 19.1. The molecule has 1 N–H and O–H groups in total. The van der Waals surface area contributed by atoms with E-state index in [0.717, 1.165) is 49.7 Å². The van der Waals surface area contributed by atoms with Crippen molar-refractivity contribution in [3.8, 4) is 11.1 Å². The van der Waals surface area contributed by atoms with Gasteiger partial charge in [0.15, 0.2) is 0 Å². The van der Waals surface area contributed by atoms with Crippen molar-refractivity contribution in [2.75, 3.05) is 6.61 Å². The molecule has 0 aliphatic heterocycles. The minimum absolute atomic E-state index is 0.483. The van der Waals surface area contributed by atoms with E-state index < -0.39 is 24.2 Å². The smallest absolute Gasteiger partial charge is 0.314 e. The number of aliphatic carboxylic acids is 1. The van der Waals surface area contributed by atoms with Crippen LogP contribution in [-0.4, -0.2) is 30.0 Å². The Morgan fingerprint density at radius 1 is 0.844 bits per heavy atom. The molecule has 0 saturated carbocycles. The zero-order valence-electron chi connectivity index (χ0n) is 19.6. The Morgan fingerprint density at radius 2 is 1.44 bits per heavy atom. The fraction of sp³-hybridized carbons (Fsp3) is 0.536. The summed E-state index contributed by atoms with van der Waals surface area (Å²) in [7, 11) is 0. The summed E-state index contributed by atoms with van der Waals surface area (Å²) in [6.07, 6.45) is 6.64. The Morgan fingerprint density at radius 3 is 2.06 bits per heavy atom. The molecule has 3 atom stereocenters. The van der Waals surface area contributed by atoms with Crippen LogP contribution in [0.4, 0.5) is 4.39 Å². The molecule has 0 fully saturated rings. The topological polar surface area (TPSA) is 46.5 Å². The van der Waals surface area contributed by atoms with Gasteiger partial charge in [0.25, 0.3) is 0 Å². The molecule has 0 bridgehead atoms.